The fourth-order valence-electron chi connectivity index (χ4n) is 1.47. The lowest BCUT2D eigenvalue weighted by Gasteiger charge is -2.19. The molecular formula is C13H23N3O5S. The Bertz CT molecular complexity index is 589. The average Bonchev–Trinajstić information content (AvgIpc) is 2.84. The van der Waals surface area contributed by atoms with Gasteiger partial charge in [-0.1, -0.05) is 18.4 Å². The summed E-state index contributed by atoms with van der Waals surface area (Å²) in [6.07, 6.45) is 0.985. The second-order valence-corrected chi connectivity index (χ2v) is 7.80. The first-order chi connectivity index (χ1) is 10.1. The molecule has 1 N–H and O–H groups in total. The molecule has 1 aromatic rings. The number of hydrogen-bond acceptors (Lipinski definition) is 7. The Kier molecular flexibility index (Phi) is 6.34. The topological polar surface area (TPSA) is 111 Å². The van der Waals surface area contributed by atoms with E-state index in [1.54, 1.807) is 20.8 Å². The largest absolute Gasteiger partial charge is 0.444 e. The smallest absolute Gasteiger partial charge is 0.407 e. The third-order valence-corrected chi connectivity index (χ3v) is 4.01. The summed E-state index contributed by atoms with van der Waals surface area (Å²) in [5, 5.41) is 9.39. The highest BCUT2D eigenvalue weighted by Crippen LogP contribution is 2.11. The molecule has 0 saturated carbocycles. The number of carbonyl (C=O) groups excluding carboxylic acids is 1. The highest BCUT2D eigenvalue weighted by Gasteiger charge is 2.22. The number of carbonyl (C=O) groups is 1. The summed E-state index contributed by atoms with van der Waals surface area (Å²) < 4.78 is 33.9. The number of aromatic nitrogens is 2. The molecule has 1 aromatic heterocycles. The molecule has 126 valence electrons. The van der Waals surface area contributed by atoms with Crippen LogP contribution in [0.2, 0.25) is 0 Å². The number of ether oxygens (including phenoxy) is 1. The van der Waals surface area contributed by atoms with Crippen LogP contribution in [0.5, 0.6) is 0 Å². The minimum Gasteiger partial charge on any atom is -0.444 e. The Morgan fingerprint density at radius 3 is 2.59 bits per heavy atom. The van der Waals surface area contributed by atoms with Crippen molar-refractivity contribution in [1.29, 1.82) is 0 Å². The van der Waals surface area contributed by atoms with Crippen molar-refractivity contribution in [1.82, 2.24) is 15.5 Å². The van der Waals surface area contributed by atoms with Gasteiger partial charge in [0.25, 0.3) is 0 Å². The van der Waals surface area contributed by atoms with Gasteiger partial charge >= 0.3 is 11.3 Å². The van der Waals surface area contributed by atoms with Crippen LogP contribution in [0.25, 0.3) is 0 Å². The Labute approximate surface area is 130 Å². The van der Waals surface area contributed by atoms with Gasteiger partial charge in [-0.15, -0.1) is 5.10 Å². The van der Waals surface area contributed by atoms with Gasteiger partial charge in [0.1, 0.15) is 5.60 Å². The average molecular weight is 333 g/mol. The summed E-state index contributed by atoms with van der Waals surface area (Å²) in [6.45, 7) is 7.40. The van der Waals surface area contributed by atoms with Gasteiger partial charge in [0.15, 0.2) is 0 Å². The van der Waals surface area contributed by atoms with E-state index in [0.29, 0.717) is 6.42 Å². The third kappa shape index (κ3) is 6.42. The van der Waals surface area contributed by atoms with Gasteiger partial charge in [-0.25, -0.2) is 13.2 Å². The first-order valence-electron chi connectivity index (χ1n) is 7.16. The molecule has 8 nitrogen and oxygen atoms in total. The Hall–Kier alpha value is -1.64. The number of rotatable bonds is 7. The summed E-state index contributed by atoms with van der Waals surface area (Å²) in [5.74, 6) is 0.146. The number of amides is 1. The normalized spacial score (nSPS) is 12.2. The van der Waals surface area contributed by atoms with Crippen molar-refractivity contribution in [3.63, 3.8) is 0 Å². The van der Waals surface area contributed by atoms with E-state index in [1.165, 1.54) is 0 Å². The van der Waals surface area contributed by atoms with E-state index in [0.717, 1.165) is 6.42 Å². The molecule has 0 atom stereocenters. The predicted molar refractivity (Wildman–Crippen MR) is 79.2 cm³/mol. The number of sulfone groups is 1. The van der Waals surface area contributed by atoms with Crippen LogP contribution < -0.4 is 5.32 Å². The first-order valence-corrected chi connectivity index (χ1v) is 8.81. The molecule has 1 rings (SSSR count). The molecule has 0 spiro atoms. The van der Waals surface area contributed by atoms with Gasteiger partial charge in [-0.3, -0.25) is 0 Å². The molecule has 0 aliphatic carbocycles. The molecule has 22 heavy (non-hydrogen) atoms. The highest BCUT2D eigenvalue weighted by molar-refractivity contribution is 7.91. The zero-order valence-corrected chi connectivity index (χ0v) is 14.2. The van der Waals surface area contributed by atoms with E-state index in [1.807, 2.05) is 6.92 Å². The number of unbranched alkanes of at least 4 members (excludes halogenated alkanes) is 1. The van der Waals surface area contributed by atoms with E-state index < -0.39 is 21.5 Å². The van der Waals surface area contributed by atoms with Crippen LogP contribution in [0.4, 0.5) is 4.79 Å². The molecular weight excluding hydrogens is 310 g/mol. The maximum Gasteiger partial charge on any atom is 0.407 e. The fourth-order valence-corrected chi connectivity index (χ4v) is 2.70. The molecule has 0 radical (unpaired) electrons. The lowest BCUT2D eigenvalue weighted by Crippen LogP contribution is -2.33. The lowest BCUT2D eigenvalue weighted by atomic mass is 10.2. The number of nitrogens with zero attached hydrogens (tertiary/aromatic N) is 2. The van der Waals surface area contributed by atoms with Gasteiger partial charge in [0.2, 0.25) is 15.7 Å². The molecule has 0 aliphatic rings. The van der Waals surface area contributed by atoms with Crippen LogP contribution >= 0.6 is 0 Å². The van der Waals surface area contributed by atoms with Crippen LogP contribution in [0.3, 0.4) is 0 Å². The van der Waals surface area contributed by atoms with Crippen molar-refractivity contribution in [2.24, 2.45) is 0 Å². The lowest BCUT2D eigenvalue weighted by molar-refractivity contribution is 0.0527. The number of alkyl carbamates (subject to hydrolysis) is 1. The van der Waals surface area contributed by atoms with Gasteiger partial charge in [0.05, 0.1) is 5.75 Å². The summed E-state index contributed by atoms with van der Waals surface area (Å²) in [4.78, 5) is 11.4. The van der Waals surface area contributed by atoms with E-state index in [4.69, 9.17) is 9.15 Å². The summed E-state index contributed by atoms with van der Waals surface area (Å²) in [7, 11) is -3.52. The Morgan fingerprint density at radius 1 is 1.32 bits per heavy atom. The van der Waals surface area contributed by atoms with Crippen LogP contribution in [-0.2, 0) is 21.0 Å². The Balaban J connectivity index is 2.48. The van der Waals surface area contributed by atoms with Crippen molar-refractivity contribution in [2.75, 3.05) is 12.3 Å². The van der Waals surface area contributed by atoms with Crippen LogP contribution in [-0.4, -0.2) is 42.6 Å². The second kappa shape index (κ2) is 7.57. The SMILES string of the molecule is CCCCS(=O)(=O)c1nnc(CCNC(=O)OC(C)(C)C)o1. The van der Waals surface area contributed by atoms with Crippen molar-refractivity contribution in [2.45, 2.75) is 57.8 Å². The fraction of sp³-hybridized carbons (Fsp3) is 0.769. The monoisotopic (exact) mass is 333 g/mol. The van der Waals surface area contributed by atoms with Crippen molar-refractivity contribution in [3.05, 3.63) is 5.89 Å². The molecule has 0 fully saturated rings. The Morgan fingerprint density at radius 2 is 2.00 bits per heavy atom. The second-order valence-electron chi connectivity index (χ2n) is 5.81. The molecule has 9 heteroatoms. The van der Waals surface area contributed by atoms with Gasteiger partial charge < -0.3 is 14.5 Å². The summed E-state index contributed by atoms with van der Waals surface area (Å²) >= 11 is 0. The van der Waals surface area contributed by atoms with Gasteiger partial charge in [-0.2, -0.15) is 0 Å². The van der Waals surface area contributed by atoms with E-state index >= 15 is 0 Å². The van der Waals surface area contributed by atoms with Crippen molar-refractivity contribution in [3.8, 4) is 0 Å². The quantitative estimate of drug-likeness (QED) is 0.808. The van der Waals surface area contributed by atoms with Gasteiger partial charge in [-0.05, 0) is 27.2 Å². The molecule has 0 aliphatic heterocycles. The van der Waals surface area contributed by atoms with E-state index in [2.05, 4.69) is 15.5 Å². The highest BCUT2D eigenvalue weighted by atomic mass is 32.2. The van der Waals surface area contributed by atoms with Crippen LogP contribution in [0.1, 0.15) is 46.4 Å². The van der Waals surface area contributed by atoms with Gasteiger partial charge in [0, 0.05) is 13.0 Å². The molecule has 1 amide bonds. The standard InChI is InChI=1S/C13H23N3O5S/c1-5-6-9-22(18,19)12-16-15-10(20-12)7-8-14-11(17)21-13(2,3)4/h5-9H2,1-4H3,(H,14,17). The molecule has 0 saturated heterocycles. The summed E-state index contributed by atoms with van der Waals surface area (Å²) in [5.41, 5.74) is -0.574. The molecule has 0 bridgehead atoms. The minimum atomic E-state index is -3.52. The zero-order chi connectivity index (χ0) is 16.8. The number of nitrogens with one attached hydrogen (secondary N) is 1. The predicted octanol–water partition coefficient (Wildman–Crippen LogP) is 1.71. The third-order valence-electron chi connectivity index (χ3n) is 2.49. The van der Waals surface area contributed by atoms with Crippen molar-refractivity contribution < 1.29 is 22.4 Å². The first kappa shape index (κ1) is 18.4. The van der Waals surface area contributed by atoms with Crippen molar-refractivity contribution >= 4 is 15.9 Å². The number of hydrogen-bond donors (Lipinski definition) is 1. The van der Waals surface area contributed by atoms with Crippen LogP contribution in [0.15, 0.2) is 9.64 Å². The molecule has 0 unspecified atom stereocenters. The maximum absolute atomic E-state index is 11.9. The molecule has 0 aromatic carbocycles. The van der Waals surface area contributed by atoms with E-state index in [9.17, 15) is 13.2 Å². The summed E-state index contributed by atoms with van der Waals surface area (Å²) in [6, 6.07) is 0. The van der Waals surface area contributed by atoms with Crippen LogP contribution in [0, 0.1) is 0 Å². The minimum absolute atomic E-state index is 0.0126. The maximum atomic E-state index is 11.9. The van der Waals surface area contributed by atoms with E-state index in [-0.39, 0.29) is 29.8 Å². The molecule has 1 heterocycles. The zero-order valence-electron chi connectivity index (χ0n) is 13.4.